The van der Waals surface area contributed by atoms with Crippen LogP contribution in [0.3, 0.4) is 0 Å². The molecule has 1 N–H and O–H groups in total. The van der Waals surface area contributed by atoms with Crippen LogP contribution < -0.4 is 9.47 Å². The molecule has 0 unspecified atom stereocenters. The third kappa shape index (κ3) is 3.71. The first kappa shape index (κ1) is 19.0. The molecule has 0 aliphatic carbocycles. The number of rotatable bonds is 5. The van der Waals surface area contributed by atoms with Gasteiger partial charge in [-0.15, -0.1) is 0 Å². The summed E-state index contributed by atoms with van der Waals surface area (Å²) in [5.41, 5.74) is 1.14. The fourth-order valence-electron chi connectivity index (χ4n) is 3.49. The molecule has 2 aromatic carbocycles. The van der Waals surface area contributed by atoms with Crippen molar-refractivity contribution in [2.45, 2.75) is 5.92 Å². The monoisotopic (exact) mass is 389 g/mol. The van der Waals surface area contributed by atoms with Gasteiger partial charge in [-0.25, -0.2) is 0 Å². The SMILES string of the molecule is COc1cccc(OC)c1C(=O)N1C[C@@H](C(=O)O)[C@H](c2ccc(Cl)cc2)C1. The summed E-state index contributed by atoms with van der Waals surface area (Å²) in [7, 11) is 2.96. The smallest absolute Gasteiger partial charge is 0.308 e. The second-order valence-electron chi connectivity index (χ2n) is 6.35. The molecule has 1 amide bonds. The molecule has 0 radical (unpaired) electrons. The molecule has 2 aromatic rings. The minimum atomic E-state index is -0.933. The van der Waals surface area contributed by atoms with E-state index in [9.17, 15) is 14.7 Å². The van der Waals surface area contributed by atoms with Crippen LogP contribution in [0.1, 0.15) is 21.8 Å². The largest absolute Gasteiger partial charge is 0.496 e. The van der Waals surface area contributed by atoms with Crippen molar-refractivity contribution >= 4 is 23.5 Å². The normalized spacial score (nSPS) is 19.0. The highest BCUT2D eigenvalue weighted by Crippen LogP contribution is 2.37. The molecule has 6 nitrogen and oxygen atoms in total. The van der Waals surface area contributed by atoms with Gasteiger partial charge in [-0.1, -0.05) is 29.8 Å². The number of methoxy groups -OCH3 is 2. The van der Waals surface area contributed by atoms with Crippen LogP contribution in [-0.2, 0) is 4.79 Å². The molecule has 142 valence electrons. The summed E-state index contributed by atoms with van der Waals surface area (Å²) in [5, 5.41) is 10.2. The zero-order valence-corrected chi connectivity index (χ0v) is 15.8. The van der Waals surface area contributed by atoms with Crippen molar-refractivity contribution in [3.63, 3.8) is 0 Å². The number of carboxylic acids is 1. The van der Waals surface area contributed by atoms with Gasteiger partial charge in [0.15, 0.2) is 0 Å². The number of carboxylic acid groups (broad SMARTS) is 1. The predicted molar refractivity (Wildman–Crippen MR) is 101 cm³/mol. The average molecular weight is 390 g/mol. The summed E-state index contributed by atoms with van der Waals surface area (Å²) in [6, 6.07) is 12.2. The van der Waals surface area contributed by atoms with Crippen LogP contribution >= 0.6 is 11.6 Å². The number of amides is 1. The first-order valence-corrected chi connectivity index (χ1v) is 8.82. The highest BCUT2D eigenvalue weighted by atomic mass is 35.5. The topological polar surface area (TPSA) is 76.1 Å². The van der Waals surface area contributed by atoms with E-state index in [1.165, 1.54) is 14.2 Å². The highest BCUT2D eigenvalue weighted by Gasteiger charge is 2.41. The summed E-state index contributed by atoms with van der Waals surface area (Å²) in [5.74, 6) is -1.48. The molecule has 0 aromatic heterocycles. The van der Waals surface area contributed by atoms with Crippen LogP contribution in [0.15, 0.2) is 42.5 Å². The molecule has 7 heteroatoms. The van der Waals surface area contributed by atoms with Crippen molar-refractivity contribution in [2.75, 3.05) is 27.3 Å². The van der Waals surface area contributed by atoms with Gasteiger partial charge >= 0.3 is 5.97 Å². The van der Waals surface area contributed by atoms with Crippen molar-refractivity contribution in [3.05, 3.63) is 58.6 Å². The lowest BCUT2D eigenvalue weighted by Gasteiger charge is -2.20. The number of nitrogens with zero attached hydrogens (tertiary/aromatic N) is 1. The Hall–Kier alpha value is -2.73. The van der Waals surface area contributed by atoms with Crippen LogP contribution in [0.5, 0.6) is 11.5 Å². The van der Waals surface area contributed by atoms with Crippen molar-refractivity contribution in [1.29, 1.82) is 0 Å². The van der Waals surface area contributed by atoms with Gasteiger partial charge in [0.2, 0.25) is 0 Å². The van der Waals surface area contributed by atoms with Gasteiger partial charge in [0, 0.05) is 24.0 Å². The minimum absolute atomic E-state index is 0.114. The Bertz CT molecular complexity index is 830. The molecule has 27 heavy (non-hydrogen) atoms. The summed E-state index contributed by atoms with van der Waals surface area (Å²) in [6.45, 7) is 0.404. The second kappa shape index (κ2) is 7.88. The van der Waals surface area contributed by atoms with E-state index in [0.717, 1.165) is 5.56 Å². The molecule has 3 rings (SSSR count). The van der Waals surface area contributed by atoms with Gasteiger partial charge < -0.3 is 19.5 Å². The zero-order valence-electron chi connectivity index (χ0n) is 15.0. The minimum Gasteiger partial charge on any atom is -0.496 e. The molecule has 2 atom stereocenters. The maximum atomic E-state index is 13.2. The van der Waals surface area contributed by atoms with E-state index in [4.69, 9.17) is 21.1 Å². The Balaban J connectivity index is 1.93. The van der Waals surface area contributed by atoms with Crippen molar-refractivity contribution < 1.29 is 24.2 Å². The highest BCUT2D eigenvalue weighted by molar-refractivity contribution is 6.30. The number of likely N-dealkylation sites (tertiary alicyclic amines) is 1. The first-order chi connectivity index (χ1) is 13.0. The molecule has 1 heterocycles. The standard InChI is InChI=1S/C20H20ClNO5/c1-26-16-4-3-5-17(27-2)18(16)19(23)22-10-14(15(11-22)20(24)25)12-6-8-13(21)9-7-12/h3-9,14-15H,10-11H2,1-2H3,(H,24,25)/t14-,15+/m0/s1. The van der Waals surface area contributed by atoms with E-state index in [1.54, 1.807) is 47.4 Å². The fraction of sp³-hybridized carbons (Fsp3) is 0.300. The molecule has 1 aliphatic heterocycles. The number of aliphatic carboxylic acids is 1. The Morgan fingerprint density at radius 1 is 1.04 bits per heavy atom. The number of halogens is 1. The van der Waals surface area contributed by atoms with E-state index < -0.39 is 11.9 Å². The lowest BCUT2D eigenvalue weighted by atomic mass is 9.89. The molecular weight excluding hydrogens is 370 g/mol. The Morgan fingerprint density at radius 2 is 1.63 bits per heavy atom. The van der Waals surface area contributed by atoms with Crippen molar-refractivity contribution in [3.8, 4) is 11.5 Å². The maximum absolute atomic E-state index is 13.2. The van der Waals surface area contributed by atoms with Gasteiger partial charge in [0.05, 0.1) is 20.1 Å². The Labute approximate surface area is 162 Å². The van der Waals surface area contributed by atoms with E-state index in [1.807, 2.05) is 0 Å². The van der Waals surface area contributed by atoms with Gasteiger partial charge in [-0.05, 0) is 29.8 Å². The average Bonchev–Trinajstić information content (AvgIpc) is 3.13. The number of carbonyl (C=O) groups is 2. The molecule has 0 saturated carbocycles. The van der Waals surface area contributed by atoms with E-state index in [0.29, 0.717) is 28.6 Å². The number of carbonyl (C=O) groups excluding carboxylic acids is 1. The summed E-state index contributed by atoms with van der Waals surface area (Å²) < 4.78 is 10.6. The van der Waals surface area contributed by atoms with Crippen LogP contribution in [0.25, 0.3) is 0 Å². The second-order valence-corrected chi connectivity index (χ2v) is 6.79. The quantitative estimate of drug-likeness (QED) is 0.849. The third-order valence-corrected chi connectivity index (χ3v) is 5.12. The number of hydrogen-bond acceptors (Lipinski definition) is 4. The van der Waals surface area contributed by atoms with Gasteiger partial charge in [-0.2, -0.15) is 0 Å². The summed E-state index contributed by atoms with van der Waals surface area (Å²) >= 11 is 5.93. The van der Waals surface area contributed by atoms with Crippen molar-refractivity contribution in [2.24, 2.45) is 5.92 Å². The Morgan fingerprint density at radius 3 is 2.15 bits per heavy atom. The molecular formula is C20H20ClNO5. The van der Waals surface area contributed by atoms with Gasteiger partial charge in [0.1, 0.15) is 17.1 Å². The molecule has 0 spiro atoms. The molecule has 1 aliphatic rings. The third-order valence-electron chi connectivity index (χ3n) is 4.86. The summed E-state index contributed by atoms with van der Waals surface area (Å²) in [6.07, 6.45) is 0. The van der Waals surface area contributed by atoms with E-state index in [-0.39, 0.29) is 18.4 Å². The first-order valence-electron chi connectivity index (χ1n) is 8.44. The summed E-state index contributed by atoms with van der Waals surface area (Å²) in [4.78, 5) is 26.5. The molecule has 0 bridgehead atoms. The molecule has 1 saturated heterocycles. The van der Waals surface area contributed by atoms with Crippen LogP contribution in [0.2, 0.25) is 5.02 Å². The van der Waals surface area contributed by atoms with Crippen molar-refractivity contribution in [1.82, 2.24) is 4.90 Å². The number of hydrogen-bond donors (Lipinski definition) is 1. The maximum Gasteiger partial charge on any atom is 0.308 e. The molecule has 1 fully saturated rings. The van der Waals surface area contributed by atoms with Crippen LogP contribution in [0, 0.1) is 5.92 Å². The zero-order chi connectivity index (χ0) is 19.6. The van der Waals surface area contributed by atoms with Crippen LogP contribution in [-0.4, -0.2) is 49.2 Å². The lowest BCUT2D eigenvalue weighted by Crippen LogP contribution is -2.30. The van der Waals surface area contributed by atoms with Crippen LogP contribution in [0.4, 0.5) is 0 Å². The van der Waals surface area contributed by atoms with Gasteiger partial charge in [0.25, 0.3) is 5.91 Å². The Kier molecular flexibility index (Phi) is 5.56. The predicted octanol–water partition coefficient (Wildman–Crippen LogP) is 3.30. The number of benzene rings is 2. The van der Waals surface area contributed by atoms with E-state index in [2.05, 4.69) is 0 Å². The van der Waals surface area contributed by atoms with E-state index >= 15 is 0 Å². The fourth-order valence-corrected chi connectivity index (χ4v) is 3.61. The van der Waals surface area contributed by atoms with Gasteiger partial charge in [-0.3, -0.25) is 9.59 Å². The lowest BCUT2D eigenvalue weighted by molar-refractivity contribution is -0.141. The number of ether oxygens (including phenoxy) is 2.